The number of anilines is 2. The zero-order chi connectivity index (χ0) is 11.8. The van der Waals surface area contributed by atoms with Crippen molar-refractivity contribution in [2.45, 2.75) is 20.3 Å². The summed E-state index contributed by atoms with van der Waals surface area (Å²) in [6.45, 7) is 6.48. The van der Waals surface area contributed by atoms with Crippen molar-refractivity contribution in [3.05, 3.63) is 11.9 Å². The van der Waals surface area contributed by atoms with E-state index in [2.05, 4.69) is 27.5 Å². The molecule has 1 aromatic rings. The lowest BCUT2D eigenvalue weighted by atomic mass is 10.3. The molecule has 0 amide bonds. The van der Waals surface area contributed by atoms with Crippen LogP contribution in [0.5, 0.6) is 0 Å². The summed E-state index contributed by atoms with van der Waals surface area (Å²) in [5.41, 5.74) is 1.05. The second-order valence-corrected chi connectivity index (χ2v) is 3.54. The van der Waals surface area contributed by atoms with E-state index < -0.39 is 0 Å². The smallest absolute Gasteiger partial charge is 0.134 e. The van der Waals surface area contributed by atoms with Crippen molar-refractivity contribution in [1.29, 1.82) is 0 Å². The molecule has 1 aromatic heterocycles. The molecule has 0 spiro atoms. The first-order chi connectivity index (χ1) is 7.79. The summed E-state index contributed by atoms with van der Waals surface area (Å²) in [5, 5.41) is 6.49. The number of nitrogens with one attached hydrogen (secondary N) is 2. The fourth-order valence-corrected chi connectivity index (χ4v) is 1.32. The molecule has 1 heterocycles. The summed E-state index contributed by atoms with van der Waals surface area (Å²) >= 11 is 0. The molecule has 0 bridgehead atoms. The van der Waals surface area contributed by atoms with Gasteiger partial charge in [0, 0.05) is 25.8 Å². The van der Waals surface area contributed by atoms with E-state index in [0.717, 1.165) is 36.7 Å². The van der Waals surface area contributed by atoms with Crippen LogP contribution in [0.4, 0.5) is 11.6 Å². The topological polar surface area (TPSA) is 59.1 Å². The largest absolute Gasteiger partial charge is 0.383 e. The van der Waals surface area contributed by atoms with Crippen LogP contribution in [0.25, 0.3) is 0 Å². The summed E-state index contributed by atoms with van der Waals surface area (Å²) in [6.07, 6.45) is 2.65. The number of methoxy groups -OCH3 is 1. The molecule has 0 aliphatic heterocycles. The first-order valence-corrected chi connectivity index (χ1v) is 5.57. The minimum Gasteiger partial charge on any atom is -0.383 e. The average Bonchev–Trinajstić information content (AvgIpc) is 2.30. The van der Waals surface area contributed by atoms with Crippen LogP contribution in [0.15, 0.2) is 6.33 Å². The van der Waals surface area contributed by atoms with Gasteiger partial charge in [0.2, 0.25) is 0 Å². The third kappa shape index (κ3) is 3.66. The Morgan fingerprint density at radius 3 is 2.38 bits per heavy atom. The lowest BCUT2D eigenvalue weighted by Gasteiger charge is -2.11. The monoisotopic (exact) mass is 224 g/mol. The normalized spacial score (nSPS) is 10.2. The van der Waals surface area contributed by atoms with Crippen LogP contribution in [-0.2, 0) is 4.74 Å². The number of aromatic nitrogens is 2. The predicted molar refractivity (Wildman–Crippen MR) is 65.9 cm³/mol. The lowest BCUT2D eigenvalue weighted by molar-refractivity contribution is 0.210. The van der Waals surface area contributed by atoms with Crippen LogP contribution in [0, 0.1) is 6.92 Å². The SMILES string of the molecule is CCCNc1ncnc(NCCOC)c1C. The minimum absolute atomic E-state index is 0.668. The molecule has 16 heavy (non-hydrogen) atoms. The Morgan fingerprint density at radius 1 is 1.19 bits per heavy atom. The highest BCUT2D eigenvalue weighted by Crippen LogP contribution is 2.17. The third-order valence-electron chi connectivity index (χ3n) is 2.23. The van der Waals surface area contributed by atoms with Crippen molar-refractivity contribution in [2.75, 3.05) is 37.4 Å². The number of hydrogen-bond acceptors (Lipinski definition) is 5. The maximum absolute atomic E-state index is 4.98. The van der Waals surface area contributed by atoms with Crippen LogP contribution in [0.3, 0.4) is 0 Å². The van der Waals surface area contributed by atoms with Gasteiger partial charge in [0.05, 0.1) is 6.61 Å². The van der Waals surface area contributed by atoms with E-state index in [1.807, 2.05) is 6.92 Å². The fourth-order valence-electron chi connectivity index (χ4n) is 1.32. The van der Waals surface area contributed by atoms with E-state index in [1.165, 1.54) is 0 Å². The number of ether oxygens (including phenoxy) is 1. The Bertz CT molecular complexity index is 317. The summed E-state index contributed by atoms with van der Waals surface area (Å²) < 4.78 is 4.98. The Morgan fingerprint density at radius 2 is 1.81 bits per heavy atom. The molecule has 0 unspecified atom stereocenters. The maximum atomic E-state index is 4.98. The maximum Gasteiger partial charge on any atom is 0.134 e. The highest BCUT2D eigenvalue weighted by atomic mass is 16.5. The van der Waals surface area contributed by atoms with Crippen molar-refractivity contribution < 1.29 is 4.74 Å². The summed E-state index contributed by atoms with van der Waals surface area (Å²) in [7, 11) is 1.68. The molecule has 90 valence electrons. The number of hydrogen-bond donors (Lipinski definition) is 2. The molecule has 0 saturated carbocycles. The zero-order valence-corrected chi connectivity index (χ0v) is 10.2. The van der Waals surface area contributed by atoms with E-state index in [1.54, 1.807) is 13.4 Å². The molecule has 0 aliphatic carbocycles. The molecule has 0 aliphatic rings. The molecule has 5 nitrogen and oxygen atoms in total. The van der Waals surface area contributed by atoms with E-state index in [-0.39, 0.29) is 0 Å². The first-order valence-electron chi connectivity index (χ1n) is 5.57. The van der Waals surface area contributed by atoms with Crippen LogP contribution >= 0.6 is 0 Å². The van der Waals surface area contributed by atoms with Gasteiger partial charge in [-0.15, -0.1) is 0 Å². The average molecular weight is 224 g/mol. The van der Waals surface area contributed by atoms with Crippen molar-refractivity contribution in [2.24, 2.45) is 0 Å². The summed E-state index contributed by atoms with van der Waals surface area (Å²) in [6, 6.07) is 0. The summed E-state index contributed by atoms with van der Waals surface area (Å²) in [4.78, 5) is 8.41. The molecule has 0 fully saturated rings. The van der Waals surface area contributed by atoms with E-state index in [9.17, 15) is 0 Å². The first kappa shape index (κ1) is 12.7. The van der Waals surface area contributed by atoms with Gasteiger partial charge in [-0.3, -0.25) is 0 Å². The Labute approximate surface area is 96.6 Å². The second kappa shape index (κ2) is 7.00. The molecule has 5 heteroatoms. The van der Waals surface area contributed by atoms with Crippen molar-refractivity contribution in [1.82, 2.24) is 9.97 Å². The van der Waals surface area contributed by atoms with Crippen molar-refractivity contribution in [3.8, 4) is 0 Å². The van der Waals surface area contributed by atoms with Gasteiger partial charge < -0.3 is 15.4 Å². The molecule has 1 rings (SSSR count). The third-order valence-corrected chi connectivity index (χ3v) is 2.23. The Balaban J connectivity index is 2.62. The molecule has 0 saturated heterocycles. The minimum atomic E-state index is 0.668. The number of rotatable bonds is 7. The van der Waals surface area contributed by atoms with Gasteiger partial charge in [0.1, 0.15) is 18.0 Å². The van der Waals surface area contributed by atoms with E-state index in [0.29, 0.717) is 6.61 Å². The molecule has 0 aromatic carbocycles. The zero-order valence-electron chi connectivity index (χ0n) is 10.2. The van der Waals surface area contributed by atoms with Gasteiger partial charge >= 0.3 is 0 Å². The fraction of sp³-hybridized carbons (Fsp3) is 0.636. The van der Waals surface area contributed by atoms with E-state index >= 15 is 0 Å². The quantitative estimate of drug-likeness (QED) is 0.690. The van der Waals surface area contributed by atoms with Gasteiger partial charge in [-0.25, -0.2) is 9.97 Å². The van der Waals surface area contributed by atoms with Crippen LogP contribution in [0.1, 0.15) is 18.9 Å². The van der Waals surface area contributed by atoms with Gasteiger partial charge in [-0.05, 0) is 13.3 Å². The molecule has 2 N–H and O–H groups in total. The molecule has 0 atom stereocenters. The van der Waals surface area contributed by atoms with Gasteiger partial charge in [-0.2, -0.15) is 0 Å². The second-order valence-electron chi connectivity index (χ2n) is 3.54. The van der Waals surface area contributed by atoms with Gasteiger partial charge in [0.25, 0.3) is 0 Å². The molecular formula is C11H20N4O. The standard InChI is InChI=1S/C11H20N4O/c1-4-5-12-10-9(2)11(15-8-14-10)13-6-7-16-3/h8H,4-7H2,1-3H3,(H2,12,13,14,15). The van der Waals surface area contributed by atoms with Gasteiger partial charge in [-0.1, -0.05) is 6.92 Å². The van der Waals surface area contributed by atoms with Gasteiger partial charge in [0.15, 0.2) is 0 Å². The predicted octanol–water partition coefficient (Wildman–Crippen LogP) is 1.67. The molecule has 0 radical (unpaired) electrons. The Kier molecular flexibility index (Phi) is 5.56. The van der Waals surface area contributed by atoms with E-state index in [4.69, 9.17) is 4.74 Å². The van der Waals surface area contributed by atoms with Crippen LogP contribution in [-0.4, -0.2) is 36.8 Å². The van der Waals surface area contributed by atoms with Crippen LogP contribution in [0.2, 0.25) is 0 Å². The highest BCUT2D eigenvalue weighted by Gasteiger charge is 2.05. The lowest BCUT2D eigenvalue weighted by Crippen LogP contribution is -2.12. The Hall–Kier alpha value is -1.36. The highest BCUT2D eigenvalue weighted by molar-refractivity contribution is 5.56. The number of nitrogens with zero attached hydrogens (tertiary/aromatic N) is 2. The summed E-state index contributed by atoms with van der Waals surface area (Å²) in [5.74, 6) is 1.77. The van der Waals surface area contributed by atoms with Crippen LogP contribution < -0.4 is 10.6 Å². The van der Waals surface area contributed by atoms with Crippen molar-refractivity contribution in [3.63, 3.8) is 0 Å². The van der Waals surface area contributed by atoms with Crippen molar-refractivity contribution >= 4 is 11.6 Å². The molecular weight excluding hydrogens is 204 g/mol.